The zero-order valence-corrected chi connectivity index (χ0v) is 22.9. The van der Waals surface area contributed by atoms with Gasteiger partial charge in [-0.2, -0.15) is 0 Å². The van der Waals surface area contributed by atoms with E-state index in [1.54, 1.807) is 36.4 Å². The van der Waals surface area contributed by atoms with E-state index in [0.29, 0.717) is 19.7 Å². The summed E-state index contributed by atoms with van der Waals surface area (Å²) in [6.07, 6.45) is 1.52. The third kappa shape index (κ3) is 5.69. The number of esters is 1. The average Bonchev–Trinajstić information content (AvgIpc) is 3.10. The van der Waals surface area contributed by atoms with Crippen LogP contribution < -0.4 is 9.47 Å². The number of amides is 2. The molecular weight excluding hydrogens is 643 g/mol. The monoisotopic (exact) mass is 657 g/mol. The molecular formula is C25H15Cl2FINO5S. The van der Waals surface area contributed by atoms with E-state index < -0.39 is 22.9 Å². The third-order valence-corrected chi connectivity index (χ3v) is 7.39. The Morgan fingerprint density at radius 2 is 1.86 bits per heavy atom. The van der Waals surface area contributed by atoms with Crippen LogP contribution in [-0.4, -0.2) is 29.1 Å². The maximum Gasteiger partial charge on any atom is 0.343 e. The highest BCUT2D eigenvalue weighted by atomic mass is 127. The molecule has 1 aliphatic heterocycles. The molecule has 0 bridgehead atoms. The fourth-order valence-corrected chi connectivity index (χ4v) is 5.21. The average molecular weight is 658 g/mol. The van der Waals surface area contributed by atoms with Crippen molar-refractivity contribution in [3.05, 3.63) is 95.6 Å². The van der Waals surface area contributed by atoms with Crippen LogP contribution >= 0.6 is 57.6 Å². The molecule has 2 amide bonds. The van der Waals surface area contributed by atoms with E-state index in [0.717, 1.165) is 16.7 Å². The molecule has 0 N–H and O–H groups in total. The van der Waals surface area contributed by atoms with Crippen LogP contribution in [0.3, 0.4) is 0 Å². The van der Waals surface area contributed by atoms with Gasteiger partial charge in [-0.15, -0.1) is 0 Å². The van der Waals surface area contributed by atoms with Crippen molar-refractivity contribution in [1.29, 1.82) is 0 Å². The number of thioether (sulfide) groups is 1. The molecule has 1 heterocycles. The third-order valence-electron chi connectivity index (χ3n) is 5.08. The highest BCUT2D eigenvalue weighted by Gasteiger charge is 2.36. The lowest BCUT2D eigenvalue weighted by molar-refractivity contribution is -0.123. The minimum absolute atomic E-state index is 0.0609. The van der Waals surface area contributed by atoms with E-state index in [2.05, 4.69) is 0 Å². The van der Waals surface area contributed by atoms with Gasteiger partial charge in [-0.1, -0.05) is 29.3 Å². The zero-order chi connectivity index (χ0) is 26.0. The first kappa shape index (κ1) is 26.5. The van der Waals surface area contributed by atoms with Crippen molar-refractivity contribution >= 4 is 80.7 Å². The number of ether oxygens (including phenoxy) is 2. The Hall–Kier alpha value is -2.60. The van der Waals surface area contributed by atoms with Crippen molar-refractivity contribution in [3.8, 4) is 11.5 Å². The molecule has 0 aromatic heterocycles. The fraction of sp³-hybridized carbons (Fsp3) is 0.0800. The van der Waals surface area contributed by atoms with Crippen molar-refractivity contribution in [2.75, 3.05) is 7.11 Å². The summed E-state index contributed by atoms with van der Waals surface area (Å²) in [6.45, 7) is -0.284. The minimum atomic E-state index is -0.603. The van der Waals surface area contributed by atoms with Crippen LogP contribution in [0.1, 0.15) is 21.5 Å². The Labute approximate surface area is 233 Å². The summed E-state index contributed by atoms with van der Waals surface area (Å²) < 4.78 is 25.7. The summed E-state index contributed by atoms with van der Waals surface area (Å²) in [6, 6.07) is 13.7. The SMILES string of the molecule is COc1cc(/C=C2\SC(=O)N(Cc3c(F)cccc3Cl)C2=O)cc(I)c1OC(=O)c1ccc(Cl)cc1. The van der Waals surface area contributed by atoms with Crippen LogP contribution in [0, 0.1) is 9.39 Å². The van der Waals surface area contributed by atoms with Gasteiger partial charge in [0.05, 0.1) is 27.7 Å². The number of imide groups is 1. The molecule has 1 aliphatic rings. The Morgan fingerprint density at radius 3 is 2.53 bits per heavy atom. The molecule has 36 heavy (non-hydrogen) atoms. The maximum atomic E-state index is 14.2. The van der Waals surface area contributed by atoms with Gasteiger partial charge >= 0.3 is 5.97 Å². The zero-order valence-electron chi connectivity index (χ0n) is 18.4. The smallest absolute Gasteiger partial charge is 0.343 e. The second-order valence-electron chi connectivity index (χ2n) is 7.40. The molecule has 1 saturated heterocycles. The Balaban J connectivity index is 1.58. The van der Waals surface area contributed by atoms with Gasteiger partial charge in [-0.25, -0.2) is 9.18 Å². The van der Waals surface area contributed by atoms with E-state index >= 15 is 0 Å². The molecule has 0 spiro atoms. The molecule has 0 saturated carbocycles. The Morgan fingerprint density at radius 1 is 1.14 bits per heavy atom. The first-order chi connectivity index (χ1) is 17.2. The molecule has 3 aromatic carbocycles. The van der Waals surface area contributed by atoms with Gasteiger partial charge in [0.15, 0.2) is 11.5 Å². The van der Waals surface area contributed by atoms with Crippen LogP contribution in [0.15, 0.2) is 59.5 Å². The molecule has 0 unspecified atom stereocenters. The maximum absolute atomic E-state index is 14.2. The topological polar surface area (TPSA) is 72.9 Å². The molecule has 3 aromatic rings. The van der Waals surface area contributed by atoms with Crippen LogP contribution in [0.25, 0.3) is 6.08 Å². The Kier molecular flexibility index (Phi) is 8.23. The van der Waals surface area contributed by atoms with Gasteiger partial charge in [0, 0.05) is 15.6 Å². The van der Waals surface area contributed by atoms with Gasteiger partial charge in [0.2, 0.25) is 0 Å². The van der Waals surface area contributed by atoms with Crippen LogP contribution in [0.2, 0.25) is 10.0 Å². The van der Waals surface area contributed by atoms with E-state index in [1.807, 2.05) is 22.6 Å². The van der Waals surface area contributed by atoms with Gasteiger partial charge in [0.25, 0.3) is 11.1 Å². The van der Waals surface area contributed by atoms with E-state index in [1.165, 1.54) is 31.4 Å². The quantitative estimate of drug-likeness (QED) is 0.121. The van der Waals surface area contributed by atoms with E-state index in [-0.39, 0.29) is 33.5 Å². The molecule has 6 nitrogen and oxygen atoms in total. The number of hydrogen-bond acceptors (Lipinski definition) is 6. The first-order valence-corrected chi connectivity index (χ1v) is 12.9. The predicted octanol–water partition coefficient (Wildman–Crippen LogP) is 7.20. The Bertz CT molecular complexity index is 1390. The summed E-state index contributed by atoms with van der Waals surface area (Å²) in [7, 11) is 1.42. The number of carbonyl (C=O) groups is 3. The number of benzene rings is 3. The highest BCUT2D eigenvalue weighted by Crippen LogP contribution is 2.38. The minimum Gasteiger partial charge on any atom is -0.493 e. The second kappa shape index (κ2) is 11.2. The lowest BCUT2D eigenvalue weighted by Crippen LogP contribution is -2.28. The summed E-state index contributed by atoms with van der Waals surface area (Å²) in [4.78, 5) is 39.1. The van der Waals surface area contributed by atoms with Gasteiger partial charge in [-0.3, -0.25) is 14.5 Å². The normalized spacial score (nSPS) is 14.5. The molecule has 0 aliphatic carbocycles. The molecule has 184 valence electrons. The lowest BCUT2D eigenvalue weighted by Gasteiger charge is -2.14. The van der Waals surface area contributed by atoms with Crippen LogP contribution in [0.4, 0.5) is 9.18 Å². The van der Waals surface area contributed by atoms with Crippen LogP contribution in [0.5, 0.6) is 11.5 Å². The molecule has 1 fully saturated rings. The summed E-state index contributed by atoms with van der Waals surface area (Å²) in [5, 5.41) is 0.0753. The molecule has 0 radical (unpaired) electrons. The fourth-order valence-electron chi connectivity index (χ4n) is 3.29. The van der Waals surface area contributed by atoms with Crippen LogP contribution in [-0.2, 0) is 11.3 Å². The molecule has 0 atom stereocenters. The molecule has 11 heteroatoms. The van der Waals surface area contributed by atoms with Crippen molar-refractivity contribution in [1.82, 2.24) is 4.90 Å². The number of hydrogen-bond donors (Lipinski definition) is 0. The largest absolute Gasteiger partial charge is 0.493 e. The van der Waals surface area contributed by atoms with Crippen molar-refractivity contribution in [2.24, 2.45) is 0 Å². The number of carbonyl (C=O) groups excluding carboxylic acids is 3. The summed E-state index contributed by atoms with van der Waals surface area (Å²) in [5.74, 6) is -1.31. The van der Waals surface area contributed by atoms with Gasteiger partial charge in [0.1, 0.15) is 5.82 Å². The second-order valence-corrected chi connectivity index (χ2v) is 10.4. The van der Waals surface area contributed by atoms with Crippen molar-refractivity contribution in [2.45, 2.75) is 6.54 Å². The van der Waals surface area contributed by atoms with E-state index in [9.17, 15) is 18.8 Å². The molecule has 4 rings (SSSR count). The first-order valence-electron chi connectivity index (χ1n) is 10.2. The van der Waals surface area contributed by atoms with Crippen molar-refractivity contribution in [3.63, 3.8) is 0 Å². The number of rotatable bonds is 6. The standard InChI is InChI=1S/C25H15Cl2FINO5S/c1-34-20-10-13(9-19(29)22(20)35-24(32)14-5-7-15(26)8-6-14)11-21-23(31)30(25(33)36-21)12-16-17(27)3-2-4-18(16)28/h2-11H,12H2,1H3/b21-11-. The predicted molar refractivity (Wildman–Crippen MR) is 145 cm³/mol. The lowest BCUT2D eigenvalue weighted by atomic mass is 10.1. The van der Waals surface area contributed by atoms with E-state index in [4.69, 9.17) is 32.7 Å². The highest BCUT2D eigenvalue weighted by molar-refractivity contribution is 14.1. The van der Waals surface area contributed by atoms with Crippen molar-refractivity contribution < 1.29 is 28.2 Å². The summed E-state index contributed by atoms with van der Waals surface area (Å²) in [5.41, 5.74) is 0.910. The number of halogens is 4. The number of methoxy groups -OCH3 is 1. The number of nitrogens with zero attached hydrogens (tertiary/aromatic N) is 1. The van der Waals surface area contributed by atoms with Gasteiger partial charge < -0.3 is 9.47 Å². The summed E-state index contributed by atoms with van der Waals surface area (Å²) >= 11 is 14.6. The van der Waals surface area contributed by atoms with Gasteiger partial charge in [-0.05, 0) is 94.5 Å².